The van der Waals surface area contributed by atoms with Crippen LogP contribution in [0.25, 0.3) is 0 Å². The fourth-order valence-corrected chi connectivity index (χ4v) is 9.32. The summed E-state index contributed by atoms with van der Waals surface area (Å²) in [6.07, 6.45) is 76.8. The van der Waals surface area contributed by atoms with Gasteiger partial charge in [-0.15, -0.1) is 0 Å². The second-order valence-corrected chi connectivity index (χ2v) is 23.4. The number of esters is 2. The molecular formula is C70H125NO8. The Bertz CT molecular complexity index is 1520. The first-order valence-corrected chi connectivity index (χ1v) is 33.1. The summed E-state index contributed by atoms with van der Waals surface area (Å²) >= 11 is 0. The van der Waals surface area contributed by atoms with Crippen LogP contribution < -0.4 is 5.11 Å². The van der Waals surface area contributed by atoms with Crippen molar-refractivity contribution >= 4 is 17.9 Å². The Morgan fingerprint density at radius 3 is 1.01 bits per heavy atom. The first kappa shape index (κ1) is 75.7. The highest BCUT2D eigenvalue weighted by molar-refractivity contribution is 5.70. The summed E-state index contributed by atoms with van der Waals surface area (Å²) in [5, 5.41) is 11.8. The zero-order valence-corrected chi connectivity index (χ0v) is 52.2. The standard InChI is InChI=1S/C70H125NO8/c1-6-8-10-12-14-16-18-20-22-24-26-28-29-30-31-32-33-34-35-36-37-38-39-41-43-45-47-49-51-53-55-57-59-61-68(73)79-66(65-78-70(69(74)75)76-63-62-71(3,4)5)64-77-67(72)60-58-56-54-52-50-48-46-44-42-40-27-25-23-21-19-17-15-13-11-9-7-2/h18-21,24-27,29-30,42,44,66,70H,6-17,22-23,28,31-41,43,45-65H2,1-5H3/b20-18-,21-19-,26-24-,27-25-,30-29-,44-42-. The van der Waals surface area contributed by atoms with Crippen molar-refractivity contribution in [2.45, 2.75) is 309 Å². The van der Waals surface area contributed by atoms with Gasteiger partial charge in [0.2, 0.25) is 0 Å². The predicted molar refractivity (Wildman–Crippen MR) is 334 cm³/mol. The molecule has 0 fully saturated rings. The molecule has 458 valence electrons. The van der Waals surface area contributed by atoms with E-state index in [9.17, 15) is 19.5 Å². The Kier molecular flexibility index (Phi) is 58.3. The largest absolute Gasteiger partial charge is 0.545 e. The maximum atomic E-state index is 12.9. The average Bonchev–Trinajstić information content (AvgIpc) is 3.42. The monoisotopic (exact) mass is 1110 g/mol. The molecule has 0 spiro atoms. The minimum Gasteiger partial charge on any atom is -0.545 e. The van der Waals surface area contributed by atoms with Crippen LogP contribution in [-0.2, 0) is 33.3 Å². The van der Waals surface area contributed by atoms with Crippen molar-refractivity contribution in [1.29, 1.82) is 0 Å². The molecule has 0 saturated heterocycles. The Labute approximate surface area is 487 Å². The van der Waals surface area contributed by atoms with Gasteiger partial charge in [0.25, 0.3) is 0 Å². The summed E-state index contributed by atoms with van der Waals surface area (Å²) < 4.78 is 22.8. The van der Waals surface area contributed by atoms with Gasteiger partial charge in [-0.25, -0.2) is 0 Å². The van der Waals surface area contributed by atoms with E-state index in [0.717, 1.165) is 70.6 Å². The number of nitrogens with zero attached hydrogens (tertiary/aromatic N) is 1. The maximum Gasteiger partial charge on any atom is 0.306 e. The number of unbranched alkanes of at least 4 members (excludes halogenated alkanes) is 34. The highest BCUT2D eigenvalue weighted by atomic mass is 16.7. The fourth-order valence-electron chi connectivity index (χ4n) is 9.32. The molecule has 0 aromatic carbocycles. The highest BCUT2D eigenvalue weighted by Crippen LogP contribution is 2.17. The number of aliphatic carboxylic acids is 1. The van der Waals surface area contributed by atoms with E-state index in [2.05, 4.69) is 86.8 Å². The first-order chi connectivity index (χ1) is 38.6. The Morgan fingerprint density at radius 2 is 0.684 bits per heavy atom. The highest BCUT2D eigenvalue weighted by Gasteiger charge is 2.22. The van der Waals surface area contributed by atoms with Gasteiger partial charge in [-0.3, -0.25) is 9.59 Å². The molecule has 9 nitrogen and oxygen atoms in total. The number of carbonyl (C=O) groups excluding carboxylic acids is 3. The number of ether oxygens (including phenoxy) is 4. The van der Waals surface area contributed by atoms with Gasteiger partial charge in [0.15, 0.2) is 12.4 Å². The molecule has 0 N–H and O–H groups in total. The summed E-state index contributed by atoms with van der Waals surface area (Å²) in [5.74, 6) is -2.29. The summed E-state index contributed by atoms with van der Waals surface area (Å²) in [5.41, 5.74) is 0. The number of likely N-dealkylation sites (N-methyl/N-ethyl adjacent to an activating group) is 1. The van der Waals surface area contributed by atoms with E-state index in [1.165, 1.54) is 193 Å². The van der Waals surface area contributed by atoms with E-state index in [0.29, 0.717) is 17.4 Å². The van der Waals surface area contributed by atoms with Crippen LogP contribution in [0, 0.1) is 0 Å². The third-order valence-electron chi connectivity index (χ3n) is 14.4. The molecule has 0 aliphatic carbocycles. The number of hydrogen-bond acceptors (Lipinski definition) is 8. The van der Waals surface area contributed by atoms with Gasteiger partial charge in [0, 0.05) is 12.8 Å². The molecule has 79 heavy (non-hydrogen) atoms. The van der Waals surface area contributed by atoms with Crippen molar-refractivity contribution in [2.24, 2.45) is 0 Å². The van der Waals surface area contributed by atoms with Crippen LogP contribution in [0.5, 0.6) is 0 Å². The molecule has 0 rings (SSSR count). The van der Waals surface area contributed by atoms with E-state index >= 15 is 0 Å². The van der Waals surface area contributed by atoms with Gasteiger partial charge in [-0.1, -0.05) is 267 Å². The normalized spacial score (nSPS) is 13.2. The molecule has 0 aromatic heterocycles. The minimum absolute atomic E-state index is 0.144. The Hall–Kier alpha value is -3.27. The zero-order chi connectivity index (χ0) is 57.6. The van der Waals surface area contributed by atoms with Crippen molar-refractivity contribution < 1.29 is 42.9 Å². The molecule has 2 unspecified atom stereocenters. The van der Waals surface area contributed by atoms with E-state index < -0.39 is 24.3 Å². The van der Waals surface area contributed by atoms with Crippen molar-refractivity contribution in [3.63, 3.8) is 0 Å². The number of carboxylic acids is 1. The van der Waals surface area contributed by atoms with E-state index in [-0.39, 0.29) is 38.6 Å². The lowest BCUT2D eigenvalue weighted by Gasteiger charge is -2.26. The number of quaternary nitrogens is 1. The number of carbonyl (C=O) groups is 3. The summed E-state index contributed by atoms with van der Waals surface area (Å²) in [6, 6.07) is 0. The molecule has 9 heteroatoms. The second kappa shape index (κ2) is 60.8. The van der Waals surface area contributed by atoms with Gasteiger partial charge in [-0.05, 0) is 89.9 Å². The lowest BCUT2D eigenvalue weighted by atomic mass is 10.0. The van der Waals surface area contributed by atoms with Gasteiger partial charge >= 0.3 is 11.9 Å². The third-order valence-corrected chi connectivity index (χ3v) is 14.4. The lowest BCUT2D eigenvalue weighted by molar-refractivity contribution is -0.870. The zero-order valence-electron chi connectivity index (χ0n) is 52.2. The van der Waals surface area contributed by atoms with E-state index in [1.54, 1.807) is 0 Å². The molecule has 0 bridgehead atoms. The van der Waals surface area contributed by atoms with Crippen LogP contribution in [0.1, 0.15) is 296 Å². The van der Waals surface area contributed by atoms with Crippen molar-refractivity contribution in [2.75, 3.05) is 47.5 Å². The van der Waals surface area contributed by atoms with Crippen molar-refractivity contribution in [1.82, 2.24) is 0 Å². The minimum atomic E-state index is -1.63. The SMILES string of the molecule is CCCCCCC/C=C\C/C=C\C/C=C\CCCCCCCCCCCCCCCCCCCCC(=O)OC(COC(=O)CCCCCCCC/C=C\C/C=C\C/C=C\CCCCCCC)COC(OCC[N+](C)(C)C)C(=O)[O-]. The van der Waals surface area contributed by atoms with Gasteiger partial charge in [0.1, 0.15) is 13.2 Å². The second-order valence-electron chi connectivity index (χ2n) is 23.4. The van der Waals surface area contributed by atoms with Crippen LogP contribution in [0.15, 0.2) is 72.9 Å². The Balaban J connectivity index is 4.13. The van der Waals surface area contributed by atoms with Crippen molar-refractivity contribution in [3.05, 3.63) is 72.9 Å². The lowest BCUT2D eigenvalue weighted by Crippen LogP contribution is -2.44. The van der Waals surface area contributed by atoms with Crippen molar-refractivity contribution in [3.8, 4) is 0 Å². The molecule has 0 heterocycles. The summed E-state index contributed by atoms with van der Waals surface area (Å²) in [4.78, 5) is 37.4. The van der Waals surface area contributed by atoms with Crippen LogP contribution in [0.2, 0.25) is 0 Å². The van der Waals surface area contributed by atoms with Gasteiger partial charge in [-0.2, -0.15) is 0 Å². The molecule has 0 aromatic rings. The molecule has 0 radical (unpaired) electrons. The van der Waals surface area contributed by atoms with Crippen LogP contribution >= 0.6 is 0 Å². The fraction of sp³-hybridized carbons (Fsp3) is 0.786. The van der Waals surface area contributed by atoms with E-state index in [4.69, 9.17) is 18.9 Å². The van der Waals surface area contributed by atoms with Gasteiger partial charge in [0.05, 0.1) is 40.3 Å². The average molecular weight is 1110 g/mol. The van der Waals surface area contributed by atoms with Crippen LogP contribution in [0.4, 0.5) is 0 Å². The summed E-state index contributed by atoms with van der Waals surface area (Å²) in [6.45, 7) is 4.74. The molecule has 0 aliphatic heterocycles. The molecule has 2 atom stereocenters. The van der Waals surface area contributed by atoms with Crippen LogP contribution in [-0.4, -0.2) is 82.3 Å². The van der Waals surface area contributed by atoms with Crippen LogP contribution in [0.3, 0.4) is 0 Å². The first-order valence-electron chi connectivity index (χ1n) is 33.1. The topological polar surface area (TPSA) is 111 Å². The van der Waals surface area contributed by atoms with Gasteiger partial charge < -0.3 is 33.3 Å². The molecular weight excluding hydrogens is 983 g/mol. The smallest absolute Gasteiger partial charge is 0.306 e. The predicted octanol–water partition coefficient (Wildman–Crippen LogP) is 18.8. The number of allylic oxidation sites excluding steroid dienone is 12. The molecule has 0 aliphatic rings. The number of carboxylic acid groups (broad SMARTS) is 1. The third kappa shape index (κ3) is 62.2. The molecule has 0 amide bonds. The summed E-state index contributed by atoms with van der Waals surface area (Å²) in [7, 11) is 5.93. The number of hydrogen-bond donors (Lipinski definition) is 0. The van der Waals surface area contributed by atoms with E-state index in [1.807, 2.05) is 21.1 Å². The quantitative estimate of drug-likeness (QED) is 0.0195. The Morgan fingerprint density at radius 1 is 0.380 bits per heavy atom. The number of rotatable bonds is 61. The maximum absolute atomic E-state index is 12.9. The molecule has 0 saturated carbocycles.